The number of allylic oxidation sites excluding steroid dienone is 1. The first kappa shape index (κ1) is 31.1. The summed E-state index contributed by atoms with van der Waals surface area (Å²) in [7, 11) is 0. The summed E-state index contributed by atoms with van der Waals surface area (Å²) in [5.41, 5.74) is 7.01. The summed E-state index contributed by atoms with van der Waals surface area (Å²) < 4.78 is 13.1. The van der Waals surface area contributed by atoms with E-state index >= 15 is 0 Å². The monoisotopic (exact) mass is 622 g/mol. The molecule has 1 aromatic heterocycles. The number of esters is 2. The van der Waals surface area contributed by atoms with Gasteiger partial charge in [-0.3, -0.25) is 0 Å². The molecule has 0 bridgehead atoms. The van der Waals surface area contributed by atoms with Gasteiger partial charge in [-0.1, -0.05) is 89.9 Å². The Morgan fingerprint density at radius 1 is 0.851 bits per heavy atom. The molecule has 2 heterocycles. The number of fused-ring (bicyclic) bond motifs is 1. The SMILES string of the molecule is CCOC(=O)C1=C(c2cccc(-n3nnc4ccccc43)c2)NC(C)=C(C(=O)OCC#Cc2ccccc2)C1CCc1ccccc1. The third-order valence-electron chi connectivity index (χ3n) is 7.98. The van der Waals surface area contributed by atoms with Gasteiger partial charge in [-0.15, -0.1) is 5.10 Å². The molecule has 1 atom stereocenters. The van der Waals surface area contributed by atoms with Crippen LogP contribution in [0, 0.1) is 17.8 Å². The van der Waals surface area contributed by atoms with Crippen LogP contribution in [0.5, 0.6) is 0 Å². The lowest BCUT2D eigenvalue weighted by Gasteiger charge is -2.31. The van der Waals surface area contributed by atoms with Crippen LogP contribution in [0.4, 0.5) is 0 Å². The van der Waals surface area contributed by atoms with E-state index < -0.39 is 17.9 Å². The Morgan fingerprint density at radius 2 is 1.57 bits per heavy atom. The van der Waals surface area contributed by atoms with Crippen molar-refractivity contribution >= 4 is 28.7 Å². The molecule has 47 heavy (non-hydrogen) atoms. The predicted molar refractivity (Wildman–Crippen MR) is 181 cm³/mol. The number of aryl methyl sites for hydroxylation is 1. The molecule has 1 aliphatic rings. The van der Waals surface area contributed by atoms with Crippen molar-refractivity contribution in [2.75, 3.05) is 13.2 Å². The molecule has 0 amide bonds. The second kappa shape index (κ2) is 14.4. The van der Waals surface area contributed by atoms with Crippen LogP contribution in [0.3, 0.4) is 0 Å². The molecule has 8 nitrogen and oxygen atoms in total. The van der Waals surface area contributed by atoms with E-state index in [-0.39, 0.29) is 13.2 Å². The molecule has 234 valence electrons. The quantitative estimate of drug-likeness (QED) is 0.150. The fourth-order valence-electron chi connectivity index (χ4n) is 5.81. The molecule has 0 aliphatic carbocycles. The van der Waals surface area contributed by atoms with Crippen molar-refractivity contribution in [1.29, 1.82) is 0 Å². The van der Waals surface area contributed by atoms with Crippen LogP contribution in [0.15, 0.2) is 126 Å². The molecule has 0 saturated heterocycles. The number of carbonyl (C=O) groups excluding carboxylic acids is 2. The molecular weight excluding hydrogens is 588 g/mol. The van der Waals surface area contributed by atoms with Crippen molar-refractivity contribution in [2.45, 2.75) is 26.7 Å². The number of rotatable bonds is 9. The first-order chi connectivity index (χ1) is 23.0. The summed E-state index contributed by atoms with van der Waals surface area (Å²) in [4.78, 5) is 27.6. The number of ether oxygens (including phenoxy) is 2. The minimum Gasteiger partial charge on any atom is -0.463 e. The van der Waals surface area contributed by atoms with Crippen LogP contribution in [0.2, 0.25) is 0 Å². The van der Waals surface area contributed by atoms with Crippen molar-refractivity contribution in [3.8, 4) is 17.5 Å². The van der Waals surface area contributed by atoms with Gasteiger partial charge >= 0.3 is 11.9 Å². The molecule has 1 N–H and O–H groups in total. The van der Waals surface area contributed by atoms with Crippen LogP contribution in [-0.4, -0.2) is 40.1 Å². The summed E-state index contributed by atoms with van der Waals surface area (Å²) in [6.45, 7) is 3.70. The summed E-state index contributed by atoms with van der Waals surface area (Å²) in [5, 5.41) is 12.1. The van der Waals surface area contributed by atoms with Gasteiger partial charge < -0.3 is 14.8 Å². The van der Waals surface area contributed by atoms with Crippen molar-refractivity contribution < 1.29 is 19.1 Å². The van der Waals surface area contributed by atoms with Crippen LogP contribution in [0.25, 0.3) is 22.4 Å². The maximum absolute atomic E-state index is 13.8. The molecule has 8 heteroatoms. The highest BCUT2D eigenvalue weighted by Crippen LogP contribution is 2.38. The van der Waals surface area contributed by atoms with Gasteiger partial charge in [0.15, 0.2) is 6.61 Å². The van der Waals surface area contributed by atoms with Crippen molar-refractivity contribution in [2.24, 2.45) is 5.92 Å². The van der Waals surface area contributed by atoms with Gasteiger partial charge in [-0.25, -0.2) is 14.3 Å². The Hall–Kier alpha value is -5.94. The van der Waals surface area contributed by atoms with Gasteiger partial charge in [-0.05, 0) is 68.7 Å². The van der Waals surface area contributed by atoms with Gasteiger partial charge in [0.05, 0.1) is 34.7 Å². The Kier molecular flexibility index (Phi) is 9.54. The summed E-state index contributed by atoms with van der Waals surface area (Å²) in [6.07, 6.45) is 1.11. The van der Waals surface area contributed by atoms with E-state index in [4.69, 9.17) is 9.47 Å². The number of aromatic nitrogens is 3. The normalized spacial score (nSPS) is 14.3. The first-order valence-corrected chi connectivity index (χ1v) is 15.6. The number of nitrogens with zero attached hydrogens (tertiary/aromatic N) is 3. The number of hydrogen-bond acceptors (Lipinski definition) is 7. The Balaban J connectivity index is 1.39. The molecule has 0 spiro atoms. The predicted octanol–water partition coefficient (Wildman–Crippen LogP) is 6.42. The summed E-state index contributed by atoms with van der Waals surface area (Å²) in [6, 6.07) is 35.0. The Labute approximate surface area is 273 Å². The molecule has 0 fully saturated rings. The Bertz CT molecular complexity index is 2030. The maximum Gasteiger partial charge on any atom is 0.337 e. The van der Waals surface area contributed by atoms with Crippen molar-refractivity contribution in [3.05, 3.63) is 143 Å². The largest absolute Gasteiger partial charge is 0.463 e. The topological polar surface area (TPSA) is 95.3 Å². The lowest BCUT2D eigenvalue weighted by Crippen LogP contribution is -2.34. The second-order valence-corrected chi connectivity index (χ2v) is 11.0. The van der Waals surface area contributed by atoms with Crippen LogP contribution in [0.1, 0.15) is 37.0 Å². The minimum absolute atomic E-state index is 0.0882. The number of hydrogen-bond donors (Lipinski definition) is 1. The Morgan fingerprint density at radius 3 is 2.36 bits per heavy atom. The lowest BCUT2D eigenvalue weighted by atomic mass is 9.80. The first-order valence-electron chi connectivity index (χ1n) is 15.6. The summed E-state index contributed by atoms with van der Waals surface area (Å²) >= 11 is 0. The maximum atomic E-state index is 13.8. The zero-order valence-electron chi connectivity index (χ0n) is 26.3. The molecule has 5 aromatic rings. The van der Waals surface area contributed by atoms with Crippen LogP contribution >= 0.6 is 0 Å². The second-order valence-electron chi connectivity index (χ2n) is 11.0. The molecule has 0 saturated carbocycles. The fraction of sp³-hybridized carbons (Fsp3) is 0.179. The highest BCUT2D eigenvalue weighted by atomic mass is 16.5. The van der Waals surface area contributed by atoms with E-state index in [0.29, 0.717) is 35.4 Å². The molecule has 1 aliphatic heterocycles. The molecular formula is C39H34N4O4. The lowest BCUT2D eigenvalue weighted by molar-refractivity contribution is -0.139. The standard InChI is InChI=1S/C39H34N4O4/c1-3-46-39(45)36-32(24-23-29-16-8-5-9-17-29)35(38(44)47-25-13-18-28-14-6-4-7-15-28)27(2)40-37(36)30-19-12-20-31(26-30)43-34-22-11-10-21-33(34)41-42-43/h4-12,14-17,19-22,26,32,40H,3,23-25H2,1-2H3. The van der Waals surface area contributed by atoms with E-state index in [1.54, 1.807) is 11.6 Å². The molecule has 1 unspecified atom stereocenters. The highest BCUT2D eigenvalue weighted by molar-refractivity contribution is 6.03. The van der Waals surface area contributed by atoms with E-state index in [1.165, 1.54) is 0 Å². The van der Waals surface area contributed by atoms with Crippen molar-refractivity contribution in [1.82, 2.24) is 20.3 Å². The van der Waals surface area contributed by atoms with Gasteiger partial charge in [0.2, 0.25) is 0 Å². The zero-order chi connectivity index (χ0) is 32.6. The highest BCUT2D eigenvalue weighted by Gasteiger charge is 2.38. The van der Waals surface area contributed by atoms with E-state index in [0.717, 1.165) is 33.4 Å². The third-order valence-corrected chi connectivity index (χ3v) is 7.98. The van der Waals surface area contributed by atoms with E-state index in [1.807, 2.05) is 116 Å². The molecule has 6 rings (SSSR count). The number of dihydropyridines is 1. The molecule has 0 radical (unpaired) electrons. The third kappa shape index (κ3) is 7.00. The average Bonchev–Trinajstić information content (AvgIpc) is 3.54. The summed E-state index contributed by atoms with van der Waals surface area (Å²) in [5.74, 6) is 4.32. The minimum atomic E-state index is -0.601. The van der Waals surface area contributed by atoms with Gasteiger partial charge in [0, 0.05) is 22.7 Å². The van der Waals surface area contributed by atoms with Gasteiger partial charge in [0.25, 0.3) is 0 Å². The van der Waals surface area contributed by atoms with E-state index in [9.17, 15) is 9.59 Å². The fourth-order valence-corrected chi connectivity index (χ4v) is 5.81. The number of benzene rings is 4. The zero-order valence-corrected chi connectivity index (χ0v) is 26.3. The van der Waals surface area contributed by atoms with E-state index in [2.05, 4.69) is 27.5 Å². The van der Waals surface area contributed by atoms with Crippen LogP contribution in [-0.2, 0) is 25.5 Å². The smallest absolute Gasteiger partial charge is 0.337 e. The molecule has 4 aromatic carbocycles. The number of nitrogens with one attached hydrogen (secondary N) is 1. The average molecular weight is 623 g/mol. The van der Waals surface area contributed by atoms with Gasteiger partial charge in [0.1, 0.15) is 5.52 Å². The number of para-hydroxylation sites is 1. The van der Waals surface area contributed by atoms with Gasteiger partial charge in [-0.2, -0.15) is 0 Å². The van der Waals surface area contributed by atoms with Crippen molar-refractivity contribution in [3.63, 3.8) is 0 Å². The number of carbonyl (C=O) groups is 2. The van der Waals surface area contributed by atoms with Crippen LogP contribution < -0.4 is 5.32 Å².